The summed E-state index contributed by atoms with van der Waals surface area (Å²) >= 11 is 1.45. The van der Waals surface area contributed by atoms with Crippen LogP contribution in [0, 0.1) is 6.92 Å². The summed E-state index contributed by atoms with van der Waals surface area (Å²) in [4.78, 5) is 25.8. The first kappa shape index (κ1) is 18.8. The maximum atomic E-state index is 12.2. The van der Waals surface area contributed by atoms with Gasteiger partial charge in [0, 0.05) is 17.1 Å². The standard InChI is InChI=1S/C19H18N6O3S/c1-4-28-17(26)13-9-20-11(2)21-16(13)22-18-23-19-25(24-18)14(10-29-19)12-7-5-6-8-15(12)27-3/h5-10H,4H2,1-3H3,(H,20,21,22,24). The van der Waals surface area contributed by atoms with Crippen LogP contribution in [0.3, 0.4) is 0 Å². The van der Waals surface area contributed by atoms with Gasteiger partial charge < -0.3 is 14.8 Å². The Hall–Kier alpha value is -3.53. The summed E-state index contributed by atoms with van der Waals surface area (Å²) in [5.74, 6) is 1.36. The predicted octanol–water partition coefficient (Wildman–Crippen LogP) is 3.49. The van der Waals surface area contributed by atoms with Gasteiger partial charge in [-0.15, -0.1) is 16.4 Å². The number of benzene rings is 1. The lowest BCUT2D eigenvalue weighted by atomic mass is 10.1. The largest absolute Gasteiger partial charge is 0.496 e. The highest BCUT2D eigenvalue weighted by molar-refractivity contribution is 7.15. The molecule has 10 heteroatoms. The molecule has 0 amide bonds. The molecule has 0 atom stereocenters. The van der Waals surface area contributed by atoms with Crippen molar-refractivity contribution in [2.45, 2.75) is 13.8 Å². The topological polar surface area (TPSA) is 104 Å². The van der Waals surface area contributed by atoms with Gasteiger partial charge in [-0.05, 0) is 26.0 Å². The first-order valence-corrected chi connectivity index (χ1v) is 9.74. The third-order valence-electron chi connectivity index (χ3n) is 4.10. The molecule has 4 aromatic rings. The zero-order valence-corrected chi connectivity index (χ0v) is 16.9. The van der Waals surface area contributed by atoms with E-state index < -0.39 is 5.97 Å². The van der Waals surface area contributed by atoms with E-state index in [1.807, 2.05) is 29.6 Å². The number of esters is 1. The first-order chi connectivity index (χ1) is 14.1. The molecule has 1 aromatic carbocycles. The Labute approximate surface area is 170 Å². The number of hydrogen-bond acceptors (Lipinski definition) is 9. The van der Waals surface area contributed by atoms with Crippen molar-refractivity contribution in [3.8, 4) is 17.0 Å². The summed E-state index contributed by atoms with van der Waals surface area (Å²) < 4.78 is 12.3. The molecular weight excluding hydrogens is 392 g/mol. The lowest BCUT2D eigenvalue weighted by Crippen LogP contribution is -2.11. The van der Waals surface area contributed by atoms with Gasteiger partial charge in [0.1, 0.15) is 17.1 Å². The van der Waals surface area contributed by atoms with Gasteiger partial charge in [0.05, 0.1) is 19.4 Å². The van der Waals surface area contributed by atoms with Gasteiger partial charge in [-0.25, -0.2) is 19.3 Å². The van der Waals surface area contributed by atoms with E-state index in [4.69, 9.17) is 9.47 Å². The monoisotopic (exact) mass is 410 g/mol. The Bertz CT molecular complexity index is 1190. The van der Waals surface area contributed by atoms with Gasteiger partial charge in [-0.3, -0.25) is 0 Å². The molecule has 0 aliphatic heterocycles. The van der Waals surface area contributed by atoms with Crippen LogP contribution >= 0.6 is 11.3 Å². The highest BCUT2D eigenvalue weighted by atomic mass is 32.1. The quantitative estimate of drug-likeness (QED) is 0.482. The fraction of sp³-hybridized carbons (Fsp3) is 0.211. The second-order valence-corrected chi connectivity index (χ2v) is 6.81. The molecular formula is C19H18N6O3S. The van der Waals surface area contributed by atoms with Gasteiger partial charge in [0.15, 0.2) is 5.82 Å². The minimum atomic E-state index is -0.509. The lowest BCUT2D eigenvalue weighted by Gasteiger charge is -2.08. The number of fused-ring (bicyclic) bond motifs is 1. The number of methoxy groups -OCH3 is 1. The van der Waals surface area contributed by atoms with Crippen molar-refractivity contribution in [2.75, 3.05) is 19.0 Å². The number of anilines is 2. The lowest BCUT2D eigenvalue weighted by molar-refractivity contribution is 0.0526. The van der Waals surface area contributed by atoms with Crippen molar-refractivity contribution in [2.24, 2.45) is 0 Å². The molecule has 0 saturated heterocycles. The minimum absolute atomic E-state index is 0.223. The Morgan fingerprint density at radius 2 is 2.10 bits per heavy atom. The molecule has 3 aromatic heterocycles. The van der Waals surface area contributed by atoms with Crippen LogP contribution in [0.15, 0.2) is 35.8 Å². The van der Waals surface area contributed by atoms with Crippen molar-refractivity contribution in [1.82, 2.24) is 24.6 Å². The molecule has 9 nitrogen and oxygen atoms in total. The van der Waals surface area contributed by atoms with Crippen LogP contribution in [-0.2, 0) is 4.74 Å². The molecule has 0 saturated carbocycles. The van der Waals surface area contributed by atoms with E-state index in [-0.39, 0.29) is 12.2 Å². The van der Waals surface area contributed by atoms with Crippen molar-refractivity contribution >= 4 is 34.0 Å². The molecule has 1 N–H and O–H groups in total. The minimum Gasteiger partial charge on any atom is -0.496 e. The smallest absolute Gasteiger partial charge is 0.343 e. The van der Waals surface area contributed by atoms with Crippen molar-refractivity contribution in [3.05, 3.63) is 47.2 Å². The number of hydrogen-bond donors (Lipinski definition) is 1. The average molecular weight is 410 g/mol. The highest BCUT2D eigenvalue weighted by Crippen LogP contribution is 2.33. The van der Waals surface area contributed by atoms with E-state index in [2.05, 4.69) is 25.4 Å². The number of thiazole rings is 1. The zero-order chi connectivity index (χ0) is 20.4. The molecule has 0 radical (unpaired) electrons. The fourth-order valence-electron chi connectivity index (χ4n) is 2.81. The SMILES string of the molecule is CCOC(=O)c1cnc(C)nc1Nc1nc2scc(-c3ccccc3OC)n2n1. The second kappa shape index (κ2) is 7.84. The summed E-state index contributed by atoms with van der Waals surface area (Å²) in [6.45, 7) is 3.73. The van der Waals surface area contributed by atoms with Gasteiger partial charge in [-0.1, -0.05) is 12.1 Å². The Morgan fingerprint density at radius 1 is 1.28 bits per heavy atom. The van der Waals surface area contributed by atoms with Crippen LogP contribution in [0.4, 0.5) is 11.8 Å². The average Bonchev–Trinajstić information content (AvgIpc) is 3.28. The van der Waals surface area contributed by atoms with Crippen LogP contribution in [0.25, 0.3) is 16.2 Å². The number of carbonyl (C=O) groups is 1. The molecule has 0 unspecified atom stereocenters. The van der Waals surface area contributed by atoms with Crippen LogP contribution < -0.4 is 10.1 Å². The van der Waals surface area contributed by atoms with Crippen LogP contribution in [0.2, 0.25) is 0 Å². The molecule has 0 bridgehead atoms. The Morgan fingerprint density at radius 3 is 2.90 bits per heavy atom. The molecule has 4 rings (SSSR count). The number of nitrogens with zero attached hydrogens (tertiary/aromatic N) is 5. The zero-order valence-electron chi connectivity index (χ0n) is 16.0. The third kappa shape index (κ3) is 3.61. The van der Waals surface area contributed by atoms with Gasteiger partial charge >= 0.3 is 5.97 Å². The second-order valence-electron chi connectivity index (χ2n) is 5.98. The molecule has 0 aliphatic rings. The Balaban J connectivity index is 1.72. The third-order valence-corrected chi connectivity index (χ3v) is 4.92. The molecule has 148 valence electrons. The molecule has 0 spiro atoms. The van der Waals surface area contributed by atoms with Gasteiger partial charge in [-0.2, -0.15) is 4.98 Å². The number of aromatic nitrogens is 5. The maximum absolute atomic E-state index is 12.2. The van der Waals surface area contributed by atoms with E-state index in [9.17, 15) is 4.79 Å². The van der Waals surface area contributed by atoms with Crippen LogP contribution in [-0.4, -0.2) is 44.3 Å². The number of nitrogens with one attached hydrogen (secondary N) is 1. The summed E-state index contributed by atoms with van der Waals surface area (Å²) in [7, 11) is 1.63. The van der Waals surface area contributed by atoms with Crippen molar-refractivity contribution < 1.29 is 14.3 Å². The molecule has 29 heavy (non-hydrogen) atoms. The molecule has 0 aliphatic carbocycles. The number of para-hydroxylation sites is 1. The van der Waals surface area contributed by atoms with Crippen LogP contribution in [0.5, 0.6) is 5.75 Å². The summed E-state index contributed by atoms with van der Waals surface area (Å²) in [5, 5.41) is 9.52. The van der Waals surface area contributed by atoms with Crippen LogP contribution in [0.1, 0.15) is 23.1 Å². The maximum Gasteiger partial charge on any atom is 0.343 e. The summed E-state index contributed by atoms with van der Waals surface area (Å²) in [6, 6.07) is 7.70. The van der Waals surface area contributed by atoms with Gasteiger partial charge in [0.2, 0.25) is 10.9 Å². The number of rotatable bonds is 6. The van der Waals surface area contributed by atoms with Gasteiger partial charge in [0.25, 0.3) is 0 Å². The number of carbonyl (C=O) groups excluding carboxylic acids is 1. The highest BCUT2D eigenvalue weighted by Gasteiger charge is 2.19. The normalized spacial score (nSPS) is 10.9. The number of aryl methyl sites for hydroxylation is 1. The van der Waals surface area contributed by atoms with E-state index >= 15 is 0 Å². The fourth-order valence-corrected chi connectivity index (χ4v) is 3.63. The molecule has 3 heterocycles. The van der Waals surface area contributed by atoms with E-state index in [0.717, 1.165) is 17.0 Å². The van der Waals surface area contributed by atoms with E-state index in [1.54, 1.807) is 25.5 Å². The van der Waals surface area contributed by atoms with E-state index in [0.29, 0.717) is 22.6 Å². The molecule has 0 fully saturated rings. The van der Waals surface area contributed by atoms with Crippen molar-refractivity contribution in [3.63, 3.8) is 0 Å². The first-order valence-electron chi connectivity index (χ1n) is 8.86. The predicted molar refractivity (Wildman–Crippen MR) is 109 cm³/mol. The van der Waals surface area contributed by atoms with E-state index in [1.165, 1.54) is 17.5 Å². The summed E-state index contributed by atoms with van der Waals surface area (Å²) in [6.07, 6.45) is 1.43. The summed E-state index contributed by atoms with van der Waals surface area (Å²) in [5.41, 5.74) is 1.98. The number of ether oxygens (including phenoxy) is 2. The van der Waals surface area contributed by atoms with Crippen molar-refractivity contribution in [1.29, 1.82) is 0 Å². The Kier molecular flexibility index (Phi) is 5.09.